The van der Waals surface area contributed by atoms with Crippen molar-refractivity contribution in [3.63, 3.8) is 0 Å². The van der Waals surface area contributed by atoms with Gasteiger partial charge in [-0.2, -0.15) is 0 Å². The molecule has 0 radical (unpaired) electrons. The largest absolute Gasteiger partial charge is 0.442 e. The Bertz CT molecular complexity index is 848. The number of hydrogen-bond acceptors (Lipinski definition) is 6. The molecule has 0 spiro atoms. The Kier molecular flexibility index (Phi) is 4.51. The molecule has 0 bridgehead atoms. The monoisotopic (exact) mass is 366 g/mol. The third-order valence-electron chi connectivity index (χ3n) is 4.19. The molecule has 8 nitrogen and oxygen atoms in total. The fraction of sp³-hybridized carbons (Fsp3) is 0.438. The standard InChI is InChI=1S/C16H18N2O6S/c1-10(19)17-7-13-8-18(16(21)24-13)12-2-3-14-11(6-12)4-5-25(22,23)9-15(14)20/h2-3,6,13H,4-5,7-9H2,1H3,(H,17,19)/t13-/m1/s1. The predicted molar refractivity (Wildman–Crippen MR) is 89.4 cm³/mol. The van der Waals surface area contributed by atoms with Crippen LogP contribution >= 0.6 is 0 Å². The number of carbonyl (C=O) groups is 3. The molecule has 9 heteroatoms. The fourth-order valence-corrected chi connectivity index (χ4v) is 4.17. The highest BCUT2D eigenvalue weighted by atomic mass is 32.2. The molecule has 2 heterocycles. The van der Waals surface area contributed by atoms with E-state index in [1.807, 2.05) is 0 Å². The van der Waals surface area contributed by atoms with E-state index in [1.54, 1.807) is 18.2 Å². The quantitative estimate of drug-likeness (QED) is 0.824. The molecule has 2 aliphatic heterocycles. The molecule has 1 aromatic rings. The minimum atomic E-state index is -3.40. The van der Waals surface area contributed by atoms with E-state index >= 15 is 0 Å². The van der Waals surface area contributed by atoms with Crippen LogP contribution in [0, 0.1) is 0 Å². The second-order valence-electron chi connectivity index (χ2n) is 6.16. The van der Waals surface area contributed by atoms with Crippen LogP contribution in [-0.4, -0.2) is 56.9 Å². The molecule has 1 N–H and O–H groups in total. The number of ether oxygens (including phenoxy) is 1. The third kappa shape index (κ3) is 3.81. The van der Waals surface area contributed by atoms with Crippen molar-refractivity contribution in [1.29, 1.82) is 0 Å². The van der Waals surface area contributed by atoms with E-state index in [4.69, 9.17) is 4.74 Å². The minimum absolute atomic E-state index is 0.0925. The zero-order valence-corrected chi connectivity index (χ0v) is 14.5. The number of sulfone groups is 1. The number of hydrogen-bond donors (Lipinski definition) is 1. The third-order valence-corrected chi connectivity index (χ3v) is 5.72. The van der Waals surface area contributed by atoms with Gasteiger partial charge in [-0.3, -0.25) is 14.5 Å². The number of amides is 2. The zero-order valence-electron chi connectivity index (χ0n) is 13.6. The van der Waals surface area contributed by atoms with Crippen molar-refractivity contribution in [2.45, 2.75) is 19.4 Å². The minimum Gasteiger partial charge on any atom is -0.442 e. The van der Waals surface area contributed by atoms with Crippen molar-refractivity contribution < 1.29 is 27.5 Å². The maximum atomic E-state index is 12.1. The molecular weight excluding hydrogens is 348 g/mol. The van der Waals surface area contributed by atoms with Crippen molar-refractivity contribution in [3.05, 3.63) is 29.3 Å². The molecule has 0 aromatic heterocycles. The van der Waals surface area contributed by atoms with Gasteiger partial charge in [0.25, 0.3) is 0 Å². The number of aryl methyl sites for hydroxylation is 1. The van der Waals surface area contributed by atoms with Crippen LogP contribution in [0.25, 0.3) is 0 Å². The van der Waals surface area contributed by atoms with Gasteiger partial charge < -0.3 is 10.1 Å². The summed E-state index contributed by atoms with van der Waals surface area (Å²) in [6, 6.07) is 4.83. The van der Waals surface area contributed by atoms with Gasteiger partial charge in [0, 0.05) is 18.2 Å². The molecule has 134 valence electrons. The van der Waals surface area contributed by atoms with Crippen molar-refractivity contribution in [2.75, 3.05) is 29.5 Å². The molecule has 1 saturated heterocycles. The summed E-state index contributed by atoms with van der Waals surface area (Å²) in [5.74, 6) is -1.21. The van der Waals surface area contributed by atoms with Gasteiger partial charge in [-0.1, -0.05) is 0 Å². The van der Waals surface area contributed by atoms with Crippen molar-refractivity contribution >= 4 is 33.3 Å². The van der Waals surface area contributed by atoms with E-state index in [0.29, 0.717) is 16.8 Å². The second-order valence-corrected chi connectivity index (χ2v) is 8.34. The summed E-state index contributed by atoms with van der Waals surface area (Å²) in [5.41, 5.74) is 1.54. The lowest BCUT2D eigenvalue weighted by Gasteiger charge is -2.15. The number of ketones is 1. The number of cyclic esters (lactones) is 1. The van der Waals surface area contributed by atoms with Gasteiger partial charge in [-0.25, -0.2) is 13.2 Å². The molecule has 2 amide bonds. The summed E-state index contributed by atoms with van der Waals surface area (Å²) in [6.07, 6.45) is -0.768. The SMILES string of the molecule is CC(=O)NC[C@@H]1CN(c2ccc3c(c2)CCS(=O)(=O)CC3=O)C(=O)O1. The Morgan fingerprint density at radius 2 is 2.12 bits per heavy atom. The smallest absolute Gasteiger partial charge is 0.414 e. The van der Waals surface area contributed by atoms with Crippen LogP contribution in [0.1, 0.15) is 22.8 Å². The van der Waals surface area contributed by atoms with Crippen molar-refractivity contribution in [1.82, 2.24) is 5.32 Å². The molecule has 0 saturated carbocycles. The molecule has 1 aromatic carbocycles. The number of nitrogens with one attached hydrogen (secondary N) is 1. The van der Waals surface area contributed by atoms with Crippen LogP contribution in [-0.2, 0) is 25.8 Å². The van der Waals surface area contributed by atoms with E-state index in [1.165, 1.54) is 11.8 Å². The van der Waals surface area contributed by atoms with E-state index in [9.17, 15) is 22.8 Å². The topological polar surface area (TPSA) is 110 Å². The van der Waals surface area contributed by atoms with Gasteiger partial charge in [0.1, 0.15) is 11.9 Å². The van der Waals surface area contributed by atoms with Gasteiger partial charge in [0.05, 0.1) is 18.8 Å². The first kappa shape index (κ1) is 17.4. The van der Waals surface area contributed by atoms with E-state index in [-0.39, 0.29) is 31.2 Å². The summed E-state index contributed by atoms with van der Waals surface area (Å²) < 4.78 is 28.8. The Balaban J connectivity index is 1.81. The average Bonchev–Trinajstić information content (AvgIpc) is 2.86. The van der Waals surface area contributed by atoms with Crippen LogP contribution in [0.2, 0.25) is 0 Å². The Morgan fingerprint density at radius 1 is 1.36 bits per heavy atom. The number of anilines is 1. The molecule has 1 fully saturated rings. The summed E-state index contributed by atoms with van der Waals surface area (Å²) in [7, 11) is -3.40. The fourth-order valence-electron chi connectivity index (χ4n) is 2.94. The van der Waals surface area contributed by atoms with E-state index in [2.05, 4.69) is 5.32 Å². The van der Waals surface area contributed by atoms with E-state index in [0.717, 1.165) is 0 Å². The lowest BCUT2D eigenvalue weighted by Crippen LogP contribution is -2.33. The normalized spacial score (nSPS) is 22.1. The van der Waals surface area contributed by atoms with Crippen molar-refractivity contribution in [3.8, 4) is 0 Å². The highest BCUT2D eigenvalue weighted by Gasteiger charge is 2.33. The Hall–Kier alpha value is -2.42. The van der Waals surface area contributed by atoms with Gasteiger partial charge in [-0.05, 0) is 30.2 Å². The summed E-state index contributed by atoms with van der Waals surface area (Å²) in [6.45, 7) is 1.87. The van der Waals surface area contributed by atoms with E-state index < -0.39 is 33.6 Å². The number of rotatable bonds is 3. The molecule has 0 aliphatic carbocycles. The lowest BCUT2D eigenvalue weighted by atomic mass is 10.0. The maximum absolute atomic E-state index is 12.1. The number of fused-ring (bicyclic) bond motifs is 1. The first-order chi connectivity index (χ1) is 11.7. The second kappa shape index (κ2) is 6.47. The van der Waals surface area contributed by atoms with Gasteiger partial charge >= 0.3 is 6.09 Å². The maximum Gasteiger partial charge on any atom is 0.414 e. The number of nitrogens with zero attached hydrogens (tertiary/aromatic N) is 1. The molecule has 2 aliphatic rings. The van der Waals surface area contributed by atoms with Crippen LogP contribution < -0.4 is 10.2 Å². The Labute approximate surface area is 145 Å². The summed E-state index contributed by atoms with van der Waals surface area (Å²) >= 11 is 0. The first-order valence-corrected chi connectivity index (χ1v) is 9.66. The first-order valence-electron chi connectivity index (χ1n) is 7.84. The number of carbonyl (C=O) groups excluding carboxylic acids is 3. The predicted octanol–water partition coefficient (Wildman–Crippen LogP) is 0.302. The average molecular weight is 366 g/mol. The van der Waals surface area contributed by atoms with Gasteiger partial charge in [0.15, 0.2) is 15.6 Å². The summed E-state index contributed by atoms with van der Waals surface area (Å²) in [5, 5.41) is 2.60. The van der Waals surface area contributed by atoms with Crippen molar-refractivity contribution in [2.24, 2.45) is 0 Å². The number of benzene rings is 1. The summed E-state index contributed by atoms with van der Waals surface area (Å²) in [4.78, 5) is 36.5. The highest BCUT2D eigenvalue weighted by Crippen LogP contribution is 2.27. The van der Waals surface area contributed by atoms with Crippen LogP contribution in [0.15, 0.2) is 18.2 Å². The Morgan fingerprint density at radius 3 is 2.84 bits per heavy atom. The van der Waals surface area contributed by atoms with Crippen LogP contribution in [0.4, 0.5) is 10.5 Å². The molecule has 25 heavy (non-hydrogen) atoms. The highest BCUT2D eigenvalue weighted by molar-refractivity contribution is 7.92. The molecule has 3 rings (SSSR count). The van der Waals surface area contributed by atoms with Crippen LogP contribution in [0.3, 0.4) is 0 Å². The van der Waals surface area contributed by atoms with Gasteiger partial charge in [0.2, 0.25) is 5.91 Å². The lowest BCUT2D eigenvalue weighted by molar-refractivity contribution is -0.119. The van der Waals surface area contributed by atoms with Gasteiger partial charge in [-0.15, -0.1) is 0 Å². The molecule has 0 unspecified atom stereocenters. The molecular formula is C16H18N2O6S. The molecule has 1 atom stereocenters. The van der Waals surface area contributed by atoms with Crippen LogP contribution in [0.5, 0.6) is 0 Å². The zero-order chi connectivity index (χ0) is 18.2. The number of Topliss-reactive ketones (excluding diaryl/α,β-unsaturated/α-hetero) is 1.